The zero-order chi connectivity index (χ0) is 20.2. The standard InChI is InChI=1S/C21H18N2O5/c1-28-10-4-2-9(3-5-10)11-8-14(25)17-18(19(11)23)21(27)16-13(24)7-6-12(22)15(16)20(17)26/h2-5,8,22,25-27H,6-7,23H2,1H3. The lowest BCUT2D eigenvalue weighted by Gasteiger charge is -2.22. The van der Waals surface area contributed by atoms with E-state index < -0.39 is 11.5 Å². The van der Waals surface area contributed by atoms with Gasteiger partial charge in [0.2, 0.25) is 0 Å². The fraction of sp³-hybridized carbons (Fsp3) is 0.143. The Kier molecular flexibility index (Phi) is 3.88. The number of nitrogens with two attached hydrogens (primary N) is 1. The molecule has 0 unspecified atom stereocenters. The van der Waals surface area contributed by atoms with Gasteiger partial charge < -0.3 is 31.2 Å². The number of methoxy groups -OCH3 is 1. The molecule has 0 aliphatic heterocycles. The van der Waals surface area contributed by atoms with Gasteiger partial charge in [0, 0.05) is 17.7 Å². The van der Waals surface area contributed by atoms with E-state index in [1.807, 2.05) is 0 Å². The van der Waals surface area contributed by atoms with Gasteiger partial charge >= 0.3 is 0 Å². The number of rotatable bonds is 2. The fourth-order valence-electron chi connectivity index (χ4n) is 3.72. The summed E-state index contributed by atoms with van der Waals surface area (Å²) < 4.78 is 5.14. The number of carbonyl (C=O) groups excluding carboxylic acids is 1. The third-order valence-corrected chi connectivity index (χ3v) is 5.13. The lowest BCUT2D eigenvalue weighted by molar-refractivity contribution is 0.0979. The van der Waals surface area contributed by atoms with Crippen LogP contribution in [0.15, 0.2) is 30.3 Å². The van der Waals surface area contributed by atoms with Crippen LogP contribution in [0.2, 0.25) is 0 Å². The molecule has 4 rings (SSSR count). The van der Waals surface area contributed by atoms with Crippen molar-refractivity contribution in [3.63, 3.8) is 0 Å². The number of nitrogens with one attached hydrogen (secondary N) is 1. The number of phenolic OH excluding ortho intramolecular Hbond substituents is 3. The van der Waals surface area contributed by atoms with Gasteiger partial charge in [-0.25, -0.2) is 0 Å². The van der Waals surface area contributed by atoms with Crippen molar-refractivity contribution in [2.75, 3.05) is 12.8 Å². The van der Waals surface area contributed by atoms with E-state index in [1.54, 1.807) is 31.4 Å². The quantitative estimate of drug-likeness (QED) is 0.342. The van der Waals surface area contributed by atoms with Crippen LogP contribution >= 0.6 is 0 Å². The molecule has 3 aromatic carbocycles. The molecule has 1 aliphatic rings. The number of hydrogen-bond donors (Lipinski definition) is 5. The molecule has 7 heteroatoms. The van der Waals surface area contributed by atoms with Crippen LogP contribution in [0.1, 0.15) is 28.8 Å². The van der Waals surface area contributed by atoms with Crippen molar-refractivity contribution in [2.24, 2.45) is 0 Å². The fourth-order valence-corrected chi connectivity index (χ4v) is 3.72. The first-order valence-corrected chi connectivity index (χ1v) is 8.63. The van der Waals surface area contributed by atoms with Crippen LogP contribution in [-0.4, -0.2) is 33.9 Å². The molecule has 0 amide bonds. The van der Waals surface area contributed by atoms with Gasteiger partial charge in [0.25, 0.3) is 0 Å². The molecule has 0 fully saturated rings. The van der Waals surface area contributed by atoms with Crippen LogP contribution < -0.4 is 10.5 Å². The molecule has 0 bridgehead atoms. The zero-order valence-electron chi connectivity index (χ0n) is 15.0. The van der Waals surface area contributed by atoms with Crippen molar-refractivity contribution >= 4 is 28.0 Å². The maximum absolute atomic E-state index is 12.4. The summed E-state index contributed by atoms with van der Waals surface area (Å²) in [6, 6.07) is 8.33. The first kappa shape index (κ1) is 17.7. The van der Waals surface area contributed by atoms with Gasteiger partial charge in [0.05, 0.1) is 34.7 Å². The molecule has 7 nitrogen and oxygen atoms in total. The maximum atomic E-state index is 12.4. The molecule has 0 radical (unpaired) electrons. The Bertz CT molecular complexity index is 1170. The number of hydrogen-bond acceptors (Lipinski definition) is 7. The van der Waals surface area contributed by atoms with Gasteiger partial charge in [-0.2, -0.15) is 0 Å². The average Bonchev–Trinajstić information content (AvgIpc) is 2.69. The molecule has 1 aliphatic carbocycles. The molecule has 0 aromatic heterocycles. The highest BCUT2D eigenvalue weighted by molar-refractivity contribution is 6.24. The van der Waals surface area contributed by atoms with Gasteiger partial charge in [-0.05, 0) is 30.2 Å². The summed E-state index contributed by atoms with van der Waals surface area (Å²) in [7, 11) is 1.55. The van der Waals surface area contributed by atoms with Crippen molar-refractivity contribution < 1.29 is 24.9 Å². The number of phenols is 3. The average molecular weight is 378 g/mol. The number of aromatic hydroxyl groups is 3. The number of carbonyl (C=O) groups is 1. The highest BCUT2D eigenvalue weighted by Gasteiger charge is 2.32. The van der Waals surface area contributed by atoms with Crippen molar-refractivity contribution in [3.05, 3.63) is 41.5 Å². The van der Waals surface area contributed by atoms with E-state index >= 15 is 0 Å². The largest absolute Gasteiger partial charge is 0.507 e. The number of Topliss-reactive ketones (excluding diaryl/α,β-unsaturated/α-hetero) is 1. The molecular formula is C21H18N2O5. The minimum absolute atomic E-state index is 0.00915. The van der Waals surface area contributed by atoms with Crippen LogP contribution in [0.4, 0.5) is 5.69 Å². The second-order valence-corrected chi connectivity index (χ2v) is 6.68. The Morgan fingerprint density at radius 2 is 1.64 bits per heavy atom. The van der Waals surface area contributed by atoms with Crippen molar-refractivity contribution in [2.45, 2.75) is 12.8 Å². The summed E-state index contributed by atoms with van der Waals surface area (Å²) in [6.45, 7) is 0. The smallest absolute Gasteiger partial charge is 0.167 e. The summed E-state index contributed by atoms with van der Waals surface area (Å²) in [4.78, 5) is 12.4. The molecule has 6 N–H and O–H groups in total. The predicted octanol–water partition coefficient (Wildman–Crippen LogP) is 3.56. The zero-order valence-corrected chi connectivity index (χ0v) is 15.0. The van der Waals surface area contributed by atoms with Crippen molar-refractivity contribution in [3.8, 4) is 34.1 Å². The SMILES string of the molecule is COc1ccc(-c2cc(O)c3c(O)c4c(c(O)c3c2N)C(=O)CCC4=N)cc1. The molecular weight excluding hydrogens is 360 g/mol. The van der Waals surface area contributed by atoms with Gasteiger partial charge in [0.15, 0.2) is 5.78 Å². The number of nitrogen functional groups attached to an aromatic ring is 1. The number of anilines is 1. The summed E-state index contributed by atoms with van der Waals surface area (Å²) in [5, 5.41) is 40.1. The second-order valence-electron chi connectivity index (χ2n) is 6.68. The van der Waals surface area contributed by atoms with Crippen LogP contribution in [0.5, 0.6) is 23.0 Å². The molecule has 142 valence electrons. The molecule has 0 saturated carbocycles. The molecule has 28 heavy (non-hydrogen) atoms. The van der Waals surface area contributed by atoms with Crippen molar-refractivity contribution in [1.29, 1.82) is 5.41 Å². The van der Waals surface area contributed by atoms with Crippen LogP contribution in [-0.2, 0) is 0 Å². The number of ether oxygens (including phenoxy) is 1. The normalized spacial score (nSPS) is 13.6. The van der Waals surface area contributed by atoms with E-state index in [0.29, 0.717) is 16.9 Å². The Morgan fingerprint density at radius 1 is 1.00 bits per heavy atom. The second kappa shape index (κ2) is 6.16. The topological polar surface area (TPSA) is 137 Å². The molecule has 0 atom stereocenters. The van der Waals surface area contributed by atoms with E-state index in [1.165, 1.54) is 6.07 Å². The van der Waals surface area contributed by atoms with E-state index in [9.17, 15) is 20.1 Å². The Balaban J connectivity index is 2.09. The first-order valence-electron chi connectivity index (χ1n) is 8.63. The summed E-state index contributed by atoms with van der Waals surface area (Å²) in [5.74, 6) is -0.899. The monoisotopic (exact) mass is 378 g/mol. The van der Waals surface area contributed by atoms with E-state index in [-0.39, 0.29) is 57.7 Å². The van der Waals surface area contributed by atoms with Crippen LogP contribution in [0.3, 0.4) is 0 Å². The Hall–Kier alpha value is -3.74. The predicted molar refractivity (Wildman–Crippen MR) is 106 cm³/mol. The van der Waals surface area contributed by atoms with Crippen LogP contribution in [0.25, 0.3) is 21.9 Å². The van der Waals surface area contributed by atoms with Crippen molar-refractivity contribution in [1.82, 2.24) is 0 Å². The first-order chi connectivity index (χ1) is 13.3. The summed E-state index contributed by atoms with van der Waals surface area (Å²) in [5.41, 5.74) is 7.35. The third-order valence-electron chi connectivity index (χ3n) is 5.13. The Morgan fingerprint density at radius 3 is 2.29 bits per heavy atom. The number of benzene rings is 3. The molecule has 0 heterocycles. The molecule has 0 spiro atoms. The van der Waals surface area contributed by atoms with Crippen LogP contribution in [0, 0.1) is 5.41 Å². The lowest BCUT2D eigenvalue weighted by Crippen LogP contribution is -2.17. The third kappa shape index (κ3) is 2.36. The maximum Gasteiger partial charge on any atom is 0.167 e. The number of ketones is 1. The van der Waals surface area contributed by atoms with Gasteiger partial charge in [-0.1, -0.05) is 12.1 Å². The van der Waals surface area contributed by atoms with Gasteiger partial charge in [-0.15, -0.1) is 0 Å². The minimum atomic E-state index is -0.430. The minimum Gasteiger partial charge on any atom is -0.507 e. The highest BCUT2D eigenvalue weighted by Crippen LogP contribution is 2.50. The van der Waals surface area contributed by atoms with Gasteiger partial charge in [0.1, 0.15) is 23.0 Å². The number of fused-ring (bicyclic) bond motifs is 2. The summed E-state index contributed by atoms with van der Waals surface area (Å²) >= 11 is 0. The Labute approximate surface area is 160 Å². The van der Waals surface area contributed by atoms with Gasteiger partial charge in [-0.3, -0.25) is 4.79 Å². The lowest BCUT2D eigenvalue weighted by atomic mass is 9.83. The van der Waals surface area contributed by atoms with E-state index in [4.69, 9.17) is 15.9 Å². The molecule has 0 saturated heterocycles. The van der Waals surface area contributed by atoms with E-state index in [0.717, 1.165) is 0 Å². The summed E-state index contributed by atoms with van der Waals surface area (Å²) in [6.07, 6.45) is 0.221. The highest BCUT2D eigenvalue weighted by atomic mass is 16.5. The molecule has 3 aromatic rings. The van der Waals surface area contributed by atoms with E-state index in [2.05, 4.69) is 0 Å².